The van der Waals surface area contributed by atoms with Gasteiger partial charge in [0.1, 0.15) is 11.4 Å². The molecule has 3 atom stereocenters. The monoisotopic (exact) mass is 563 g/mol. The number of para-hydroxylation sites is 2. The molecule has 1 N–H and O–H groups in total. The Kier molecular flexibility index (Phi) is 9.69. The summed E-state index contributed by atoms with van der Waals surface area (Å²) in [5.41, 5.74) is 2.71. The average Bonchev–Trinajstić information content (AvgIpc) is 3.30. The van der Waals surface area contributed by atoms with Crippen molar-refractivity contribution in [1.29, 1.82) is 0 Å². The zero-order valence-corrected chi connectivity index (χ0v) is 24.4. The highest BCUT2D eigenvalue weighted by Gasteiger charge is 2.41. The van der Waals surface area contributed by atoms with Gasteiger partial charge < -0.3 is 14.4 Å². The zero-order chi connectivity index (χ0) is 28.7. The number of benzene rings is 2. The van der Waals surface area contributed by atoms with Crippen LogP contribution in [-0.4, -0.2) is 41.1 Å². The van der Waals surface area contributed by atoms with E-state index in [1.807, 2.05) is 93.3 Å². The number of nitrogens with zero attached hydrogens (tertiary/aromatic N) is 2. The van der Waals surface area contributed by atoms with Gasteiger partial charge in [-0.2, -0.15) is 0 Å². The van der Waals surface area contributed by atoms with Crippen molar-refractivity contribution in [3.05, 3.63) is 84.2 Å². The van der Waals surface area contributed by atoms with Gasteiger partial charge in [0.15, 0.2) is 0 Å². The number of anilines is 2. The van der Waals surface area contributed by atoms with Crippen LogP contribution in [0.1, 0.15) is 57.7 Å². The van der Waals surface area contributed by atoms with E-state index in [-0.39, 0.29) is 23.1 Å². The molecule has 0 aliphatic heterocycles. The van der Waals surface area contributed by atoms with E-state index in [4.69, 9.17) is 21.1 Å². The van der Waals surface area contributed by atoms with Gasteiger partial charge in [-0.05, 0) is 76.4 Å². The molecule has 1 aliphatic carbocycles. The van der Waals surface area contributed by atoms with Gasteiger partial charge in [0.2, 0.25) is 5.91 Å². The average molecular weight is 564 g/mol. The first-order chi connectivity index (χ1) is 19.1. The third-order valence-corrected chi connectivity index (χ3v) is 7.22. The number of rotatable bonds is 9. The summed E-state index contributed by atoms with van der Waals surface area (Å²) in [7, 11) is 0. The molecule has 0 radical (unpaired) electrons. The molecule has 3 aromatic rings. The van der Waals surface area contributed by atoms with E-state index in [2.05, 4.69) is 10.3 Å². The largest absolute Gasteiger partial charge is 0.493 e. The number of carbonyl (C=O) groups excluding carboxylic acids is 2. The van der Waals surface area contributed by atoms with Crippen LogP contribution >= 0.6 is 11.6 Å². The first-order valence-electron chi connectivity index (χ1n) is 13.8. The first-order valence-corrected chi connectivity index (χ1v) is 14.3. The van der Waals surface area contributed by atoms with E-state index in [1.54, 1.807) is 12.3 Å². The van der Waals surface area contributed by atoms with E-state index < -0.39 is 11.7 Å². The van der Waals surface area contributed by atoms with Crippen LogP contribution in [0.25, 0.3) is 0 Å². The van der Waals surface area contributed by atoms with Crippen LogP contribution in [-0.2, 0) is 16.0 Å². The molecule has 2 aromatic carbocycles. The van der Waals surface area contributed by atoms with Gasteiger partial charge in [-0.3, -0.25) is 15.1 Å². The lowest BCUT2D eigenvalue weighted by Crippen LogP contribution is -2.37. The number of halogens is 1. The molecule has 2 amide bonds. The van der Waals surface area contributed by atoms with E-state index in [0.717, 1.165) is 22.7 Å². The van der Waals surface area contributed by atoms with Gasteiger partial charge >= 0.3 is 6.09 Å². The summed E-state index contributed by atoms with van der Waals surface area (Å²) >= 11 is 6.65. The number of carbonyl (C=O) groups is 2. The number of pyridine rings is 1. The van der Waals surface area contributed by atoms with Crippen LogP contribution in [0, 0.1) is 5.92 Å². The minimum atomic E-state index is -0.579. The quantitative estimate of drug-likeness (QED) is 0.278. The van der Waals surface area contributed by atoms with Crippen molar-refractivity contribution < 1.29 is 19.1 Å². The third-order valence-electron chi connectivity index (χ3n) is 6.87. The maximum Gasteiger partial charge on any atom is 0.412 e. The van der Waals surface area contributed by atoms with Gasteiger partial charge in [-0.15, -0.1) is 11.6 Å². The molecule has 3 unspecified atom stereocenters. The standard InChI is InChI=1S/C32H38ClN3O4/c1-5-36(25-11-7-6-8-12-25)30(37)28-20-22(33)19-27(28)26-13-9-10-14-29(26)39-18-16-23-21-24(15-17-34-23)35-31(38)40-32(2,3)4/h6-15,17,21-22,27-28H,5,16,18-20H2,1-4H3,(H,34,35,38). The highest BCUT2D eigenvalue weighted by Crippen LogP contribution is 2.46. The van der Waals surface area contributed by atoms with E-state index in [0.29, 0.717) is 38.1 Å². The lowest BCUT2D eigenvalue weighted by molar-refractivity contribution is -0.122. The Bertz CT molecular complexity index is 1290. The molecule has 1 saturated carbocycles. The smallest absolute Gasteiger partial charge is 0.412 e. The maximum atomic E-state index is 13.8. The zero-order valence-electron chi connectivity index (χ0n) is 23.6. The molecule has 212 valence electrons. The van der Waals surface area contributed by atoms with Gasteiger partial charge in [0.25, 0.3) is 0 Å². The normalized spacial score (nSPS) is 18.7. The van der Waals surface area contributed by atoms with Crippen LogP contribution in [0.2, 0.25) is 0 Å². The molecule has 0 spiro atoms. The van der Waals surface area contributed by atoms with E-state index >= 15 is 0 Å². The maximum absolute atomic E-state index is 13.8. The Hall–Kier alpha value is -3.58. The highest BCUT2D eigenvalue weighted by molar-refractivity contribution is 6.21. The van der Waals surface area contributed by atoms with Crippen molar-refractivity contribution in [2.24, 2.45) is 5.92 Å². The summed E-state index contributed by atoms with van der Waals surface area (Å²) in [6.07, 6.45) is 3.02. The minimum Gasteiger partial charge on any atom is -0.493 e. The van der Waals surface area contributed by atoms with Crippen LogP contribution < -0.4 is 15.0 Å². The molecule has 1 heterocycles. The van der Waals surface area contributed by atoms with Crippen molar-refractivity contribution in [2.45, 2.75) is 63.9 Å². The number of amides is 2. The molecule has 40 heavy (non-hydrogen) atoms. The number of nitrogens with one attached hydrogen (secondary N) is 1. The minimum absolute atomic E-state index is 0.0385. The fraction of sp³-hybridized carbons (Fsp3) is 0.406. The van der Waals surface area contributed by atoms with Crippen molar-refractivity contribution in [2.75, 3.05) is 23.4 Å². The highest BCUT2D eigenvalue weighted by atomic mass is 35.5. The summed E-state index contributed by atoms with van der Waals surface area (Å²) in [4.78, 5) is 32.2. The molecule has 1 aromatic heterocycles. The topological polar surface area (TPSA) is 80.8 Å². The second-order valence-electron chi connectivity index (χ2n) is 11.0. The summed E-state index contributed by atoms with van der Waals surface area (Å²) < 4.78 is 11.6. The van der Waals surface area contributed by atoms with Gasteiger partial charge in [-0.25, -0.2) is 4.79 Å². The fourth-order valence-corrected chi connectivity index (χ4v) is 5.55. The lowest BCUT2D eigenvalue weighted by atomic mass is 9.87. The molecule has 1 aliphatic rings. The summed E-state index contributed by atoms with van der Waals surface area (Å²) in [5, 5.41) is 2.67. The van der Waals surface area contributed by atoms with Crippen molar-refractivity contribution in [3.63, 3.8) is 0 Å². The van der Waals surface area contributed by atoms with Crippen molar-refractivity contribution in [1.82, 2.24) is 4.98 Å². The Morgan fingerprint density at radius 1 is 1.05 bits per heavy atom. The third kappa shape index (κ3) is 7.75. The second-order valence-corrected chi connectivity index (χ2v) is 11.6. The summed E-state index contributed by atoms with van der Waals surface area (Å²) in [6.45, 7) is 8.43. The van der Waals surface area contributed by atoms with E-state index in [1.165, 1.54) is 0 Å². The van der Waals surface area contributed by atoms with Crippen LogP contribution in [0.3, 0.4) is 0 Å². The number of ether oxygens (including phenoxy) is 2. The molecule has 0 bridgehead atoms. The number of aromatic nitrogens is 1. The number of hydrogen-bond donors (Lipinski definition) is 1. The van der Waals surface area contributed by atoms with E-state index in [9.17, 15) is 9.59 Å². The Labute approximate surface area is 241 Å². The summed E-state index contributed by atoms with van der Waals surface area (Å²) in [5.74, 6) is 0.574. The van der Waals surface area contributed by atoms with Crippen molar-refractivity contribution >= 4 is 35.0 Å². The fourth-order valence-electron chi connectivity index (χ4n) is 5.16. The predicted molar refractivity (Wildman–Crippen MR) is 159 cm³/mol. The molecule has 7 nitrogen and oxygen atoms in total. The molecule has 8 heteroatoms. The molecule has 1 fully saturated rings. The van der Waals surface area contributed by atoms with Crippen LogP contribution in [0.15, 0.2) is 72.9 Å². The molecular formula is C32H38ClN3O4. The first kappa shape index (κ1) is 29.4. The SMILES string of the molecule is CCN(C(=O)C1CC(Cl)CC1c1ccccc1OCCc1cc(NC(=O)OC(C)(C)C)ccn1)c1ccccc1. The van der Waals surface area contributed by atoms with Gasteiger partial charge in [0, 0.05) is 53.4 Å². The lowest BCUT2D eigenvalue weighted by Gasteiger charge is -2.28. The second kappa shape index (κ2) is 13.2. The van der Waals surface area contributed by atoms with Crippen molar-refractivity contribution in [3.8, 4) is 5.75 Å². The Morgan fingerprint density at radius 2 is 1.77 bits per heavy atom. The number of hydrogen-bond acceptors (Lipinski definition) is 5. The molecule has 0 saturated heterocycles. The Morgan fingerprint density at radius 3 is 2.50 bits per heavy atom. The number of alkyl halides is 1. The Balaban J connectivity index is 1.44. The predicted octanol–water partition coefficient (Wildman–Crippen LogP) is 7.20. The van der Waals surface area contributed by atoms with Gasteiger partial charge in [0.05, 0.1) is 6.61 Å². The van der Waals surface area contributed by atoms with Gasteiger partial charge in [-0.1, -0.05) is 36.4 Å². The van der Waals surface area contributed by atoms with Crippen LogP contribution in [0.5, 0.6) is 5.75 Å². The molecule has 4 rings (SSSR count). The molecular weight excluding hydrogens is 526 g/mol. The van der Waals surface area contributed by atoms with Crippen LogP contribution in [0.4, 0.5) is 16.2 Å². The summed E-state index contributed by atoms with van der Waals surface area (Å²) in [6, 6.07) is 21.2.